The van der Waals surface area contributed by atoms with Crippen LogP contribution in [0, 0.1) is 6.92 Å². The summed E-state index contributed by atoms with van der Waals surface area (Å²) in [6.45, 7) is 3.56. The highest BCUT2D eigenvalue weighted by molar-refractivity contribution is 6.17. The second kappa shape index (κ2) is 13.2. The molecule has 41 heavy (non-hydrogen) atoms. The van der Waals surface area contributed by atoms with Crippen LogP contribution in [0.15, 0.2) is 114 Å². The lowest BCUT2D eigenvalue weighted by Crippen LogP contribution is -2.39. The Bertz CT molecular complexity index is 1520. The lowest BCUT2D eigenvalue weighted by molar-refractivity contribution is -0.138. The van der Waals surface area contributed by atoms with Crippen LogP contribution in [0.2, 0.25) is 0 Å². The minimum absolute atomic E-state index is 0.0620. The number of hydrogen-bond acceptors (Lipinski definition) is 4. The molecule has 5 rings (SSSR count). The summed E-state index contributed by atoms with van der Waals surface area (Å²) in [6, 6.07) is 33.8. The van der Waals surface area contributed by atoms with Gasteiger partial charge < -0.3 is 10.4 Å². The van der Waals surface area contributed by atoms with Crippen molar-refractivity contribution in [3.8, 4) is 0 Å². The summed E-state index contributed by atoms with van der Waals surface area (Å²) in [4.78, 5) is 33.2. The summed E-state index contributed by atoms with van der Waals surface area (Å²) in [6.07, 6.45) is 2.02. The van der Waals surface area contributed by atoms with Crippen LogP contribution >= 0.6 is 0 Å². The second-order valence-electron chi connectivity index (χ2n) is 10.5. The van der Waals surface area contributed by atoms with Gasteiger partial charge in [0.2, 0.25) is 5.91 Å². The normalized spacial score (nSPS) is 16.3. The fraction of sp³-hybridized carbons (Fsp3) is 0.229. The van der Waals surface area contributed by atoms with Crippen molar-refractivity contribution in [2.75, 3.05) is 11.9 Å². The summed E-state index contributed by atoms with van der Waals surface area (Å²) in [5, 5.41) is 13.4. The quantitative estimate of drug-likeness (QED) is 0.235. The number of nitrogens with one attached hydrogen (secondary N) is 1. The molecule has 1 amide bonds. The van der Waals surface area contributed by atoms with Crippen molar-refractivity contribution in [3.05, 3.63) is 137 Å². The van der Waals surface area contributed by atoms with E-state index in [4.69, 9.17) is 4.99 Å². The van der Waals surface area contributed by atoms with Gasteiger partial charge in [-0.3, -0.25) is 14.7 Å². The highest BCUT2D eigenvalue weighted by Gasteiger charge is 2.31. The Labute approximate surface area is 241 Å². The first-order valence-corrected chi connectivity index (χ1v) is 14.1. The van der Waals surface area contributed by atoms with E-state index in [1.54, 1.807) is 0 Å². The molecule has 1 aliphatic rings. The third-order valence-electron chi connectivity index (χ3n) is 7.63. The molecule has 2 N–H and O–H groups in total. The summed E-state index contributed by atoms with van der Waals surface area (Å²) >= 11 is 0. The molecule has 0 bridgehead atoms. The predicted octanol–water partition coefficient (Wildman–Crippen LogP) is 6.13. The van der Waals surface area contributed by atoms with E-state index in [1.165, 1.54) is 5.56 Å². The van der Waals surface area contributed by atoms with Gasteiger partial charge in [-0.25, -0.2) is 4.79 Å². The third-order valence-corrected chi connectivity index (χ3v) is 7.63. The topological polar surface area (TPSA) is 82.0 Å². The van der Waals surface area contributed by atoms with Crippen LogP contribution in [-0.4, -0.2) is 46.2 Å². The molecule has 1 heterocycles. The molecular formula is C35H35N3O3. The Hall–Kier alpha value is -4.55. The number of rotatable bonds is 10. The number of nitrogens with zero attached hydrogens (tertiary/aromatic N) is 2. The largest absolute Gasteiger partial charge is 0.480 e. The molecule has 1 saturated heterocycles. The number of aliphatic carboxylic acids is 1. The molecule has 4 aromatic carbocycles. The Morgan fingerprint density at radius 1 is 0.902 bits per heavy atom. The van der Waals surface area contributed by atoms with Gasteiger partial charge >= 0.3 is 5.97 Å². The molecule has 0 unspecified atom stereocenters. The maximum atomic E-state index is 13.6. The van der Waals surface area contributed by atoms with E-state index < -0.39 is 12.0 Å². The number of aryl methyl sites for hydroxylation is 1. The average molecular weight is 546 g/mol. The zero-order chi connectivity index (χ0) is 28.6. The van der Waals surface area contributed by atoms with Gasteiger partial charge in [0, 0.05) is 24.1 Å². The molecule has 6 nitrogen and oxygen atoms in total. The second-order valence-corrected chi connectivity index (χ2v) is 10.5. The van der Waals surface area contributed by atoms with Gasteiger partial charge in [0.05, 0.1) is 17.4 Å². The van der Waals surface area contributed by atoms with Crippen LogP contribution in [0.3, 0.4) is 0 Å². The van der Waals surface area contributed by atoms with Crippen LogP contribution in [0.5, 0.6) is 0 Å². The van der Waals surface area contributed by atoms with Crippen molar-refractivity contribution >= 4 is 23.3 Å². The molecule has 0 radical (unpaired) electrons. The number of anilines is 1. The first kappa shape index (κ1) is 28.0. The monoisotopic (exact) mass is 545 g/mol. The van der Waals surface area contributed by atoms with Crippen molar-refractivity contribution < 1.29 is 14.7 Å². The van der Waals surface area contributed by atoms with Crippen molar-refractivity contribution in [1.29, 1.82) is 0 Å². The molecule has 1 aliphatic heterocycles. The summed E-state index contributed by atoms with van der Waals surface area (Å²) in [5.74, 6) is -1.06. The summed E-state index contributed by atoms with van der Waals surface area (Å²) in [5.41, 5.74) is 5.78. The molecule has 4 aromatic rings. The Balaban J connectivity index is 1.46. The molecule has 0 spiro atoms. The van der Waals surface area contributed by atoms with Crippen molar-refractivity contribution in [2.45, 2.75) is 44.8 Å². The zero-order valence-corrected chi connectivity index (χ0v) is 23.2. The highest BCUT2D eigenvalue weighted by Crippen LogP contribution is 2.25. The van der Waals surface area contributed by atoms with Gasteiger partial charge in [-0.2, -0.15) is 0 Å². The van der Waals surface area contributed by atoms with Crippen molar-refractivity contribution in [2.24, 2.45) is 4.99 Å². The van der Waals surface area contributed by atoms with Gasteiger partial charge in [0.1, 0.15) is 0 Å². The molecule has 0 aromatic heterocycles. The first-order chi connectivity index (χ1) is 20.0. The number of likely N-dealkylation sites (tertiary alicyclic amines) is 1. The van der Waals surface area contributed by atoms with Gasteiger partial charge in [-0.1, -0.05) is 103 Å². The lowest BCUT2D eigenvalue weighted by Gasteiger charge is -2.24. The van der Waals surface area contributed by atoms with Crippen LogP contribution in [0.25, 0.3) is 0 Å². The van der Waals surface area contributed by atoms with Gasteiger partial charge in [0.15, 0.2) is 6.04 Å². The number of amides is 1. The highest BCUT2D eigenvalue weighted by atomic mass is 16.4. The van der Waals surface area contributed by atoms with Crippen molar-refractivity contribution in [3.63, 3.8) is 0 Å². The molecule has 1 fully saturated rings. The van der Waals surface area contributed by atoms with E-state index in [1.807, 2.05) is 104 Å². The minimum atomic E-state index is -0.995. The van der Waals surface area contributed by atoms with Crippen LogP contribution in [-0.2, 0) is 22.6 Å². The Morgan fingerprint density at radius 3 is 2.29 bits per heavy atom. The molecule has 208 valence electrons. The number of carboxylic acid groups (broad SMARTS) is 1. The molecule has 2 atom stereocenters. The molecule has 0 aliphatic carbocycles. The number of hydrogen-bond donors (Lipinski definition) is 2. The number of benzene rings is 4. The predicted molar refractivity (Wildman–Crippen MR) is 163 cm³/mol. The number of carboxylic acids is 1. The Morgan fingerprint density at radius 2 is 1.56 bits per heavy atom. The number of para-hydroxylation sites is 1. The maximum absolute atomic E-state index is 13.6. The van der Waals surface area contributed by atoms with E-state index in [0.717, 1.165) is 42.6 Å². The van der Waals surface area contributed by atoms with Gasteiger partial charge in [-0.15, -0.1) is 0 Å². The third kappa shape index (κ3) is 6.97. The molecular weight excluding hydrogens is 510 g/mol. The fourth-order valence-electron chi connectivity index (χ4n) is 5.43. The van der Waals surface area contributed by atoms with E-state index in [0.29, 0.717) is 17.0 Å². The van der Waals surface area contributed by atoms with Gasteiger partial charge in [0.25, 0.3) is 0 Å². The minimum Gasteiger partial charge on any atom is -0.480 e. The van der Waals surface area contributed by atoms with E-state index in [-0.39, 0.29) is 18.4 Å². The standard InChI is InChI=1S/C35H35N3O3/c1-25-13-8-9-18-28(25)23-31(35(40)41)36-33(27-16-6-3-7-17-27)29-19-10-11-20-30(29)37-34(39)32-21-12-22-38(32)24-26-14-4-2-5-15-26/h2-11,13-20,31-32H,12,21-24H2,1H3,(H,37,39)(H,40,41)/t31-,32+/m1/s1. The Kier molecular flexibility index (Phi) is 9.02. The van der Waals surface area contributed by atoms with E-state index in [2.05, 4.69) is 22.3 Å². The van der Waals surface area contributed by atoms with E-state index >= 15 is 0 Å². The zero-order valence-electron chi connectivity index (χ0n) is 23.2. The average Bonchev–Trinajstić information content (AvgIpc) is 3.46. The van der Waals surface area contributed by atoms with Crippen LogP contribution in [0.1, 0.15) is 40.7 Å². The number of aliphatic imine (C=N–C) groups is 1. The molecule has 0 saturated carbocycles. The fourth-order valence-corrected chi connectivity index (χ4v) is 5.43. The number of carbonyl (C=O) groups excluding carboxylic acids is 1. The maximum Gasteiger partial charge on any atom is 0.328 e. The van der Waals surface area contributed by atoms with Gasteiger partial charge in [-0.05, 0) is 49.1 Å². The van der Waals surface area contributed by atoms with Crippen molar-refractivity contribution in [1.82, 2.24) is 4.90 Å². The first-order valence-electron chi connectivity index (χ1n) is 14.1. The van der Waals surface area contributed by atoms with Crippen LogP contribution < -0.4 is 5.32 Å². The summed E-state index contributed by atoms with van der Waals surface area (Å²) in [7, 11) is 0. The van der Waals surface area contributed by atoms with E-state index in [9.17, 15) is 14.7 Å². The number of carbonyl (C=O) groups is 2. The SMILES string of the molecule is Cc1ccccc1C[C@@H](N=C(c1ccccc1)c1ccccc1NC(=O)[C@@H]1CCCN1Cc1ccccc1)C(=O)O. The smallest absolute Gasteiger partial charge is 0.328 e. The molecule has 6 heteroatoms. The van der Waals surface area contributed by atoms with Crippen LogP contribution in [0.4, 0.5) is 5.69 Å². The lowest BCUT2D eigenvalue weighted by atomic mass is 9.98. The summed E-state index contributed by atoms with van der Waals surface area (Å²) < 4.78 is 0.